The number of hydrogen-bond acceptors (Lipinski definition) is 9. The maximum Gasteiger partial charge on any atom is 0.251 e. The molecule has 2 aliphatic heterocycles. The van der Waals surface area contributed by atoms with Crippen molar-refractivity contribution in [2.24, 2.45) is 0 Å². The number of fused-ring (bicyclic) bond motifs is 18. The molecule has 3 aromatic carbocycles. The van der Waals surface area contributed by atoms with Crippen molar-refractivity contribution in [3.63, 3.8) is 0 Å². The summed E-state index contributed by atoms with van der Waals surface area (Å²) in [7, 11) is 2.97. The lowest BCUT2D eigenvalue weighted by molar-refractivity contribution is -0.137. The van der Waals surface area contributed by atoms with Crippen LogP contribution in [0.4, 0.5) is 0 Å². The van der Waals surface area contributed by atoms with Crippen LogP contribution in [0.5, 0.6) is 23.0 Å². The van der Waals surface area contributed by atoms with Gasteiger partial charge in [-0.1, -0.05) is 36.4 Å². The van der Waals surface area contributed by atoms with Crippen LogP contribution < -0.4 is 41.0 Å². The van der Waals surface area contributed by atoms with E-state index in [1.54, 1.807) is 48.5 Å². The van der Waals surface area contributed by atoms with Crippen LogP contribution >= 0.6 is 0 Å². The smallest absolute Gasteiger partial charge is 0.251 e. The van der Waals surface area contributed by atoms with Gasteiger partial charge >= 0.3 is 0 Å². The van der Waals surface area contributed by atoms with Gasteiger partial charge in [-0.2, -0.15) is 0 Å². The van der Waals surface area contributed by atoms with Gasteiger partial charge in [-0.15, -0.1) is 0 Å². The Morgan fingerprint density at radius 3 is 2.35 bits per heavy atom. The number of carbonyl (C=O) groups is 5. The van der Waals surface area contributed by atoms with E-state index in [9.17, 15) is 28.8 Å². The summed E-state index contributed by atoms with van der Waals surface area (Å²) < 4.78 is 18.4. The average Bonchev–Trinajstić information content (AvgIpc) is 3.21. The number of hydrogen-bond donors (Lipinski definition) is 4. The summed E-state index contributed by atoms with van der Waals surface area (Å²) in [5, 5.41) is 11.2. The molecule has 1 aromatic heterocycles. The number of nitrogens with zero attached hydrogens (tertiary/aromatic N) is 2. The zero-order valence-corrected chi connectivity index (χ0v) is 32.2. The molecule has 57 heavy (non-hydrogen) atoms. The molecule has 0 saturated carbocycles. The van der Waals surface area contributed by atoms with Crippen molar-refractivity contribution >= 4 is 29.5 Å². The van der Waals surface area contributed by atoms with E-state index in [4.69, 9.17) is 14.2 Å². The number of nitrogens with one attached hydrogen (secondary N) is 4. The van der Waals surface area contributed by atoms with Gasteiger partial charge in [0, 0.05) is 49.1 Å². The van der Waals surface area contributed by atoms with Crippen molar-refractivity contribution in [2.45, 2.75) is 57.8 Å². The number of aromatic nitrogens is 1. The summed E-state index contributed by atoms with van der Waals surface area (Å²) in [4.78, 5) is 81.1. The Balaban J connectivity index is 1.40. The number of benzene rings is 3. The van der Waals surface area contributed by atoms with Crippen LogP contribution in [-0.2, 0) is 38.7 Å². The van der Waals surface area contributed by atoms with Crippen LogP contribution in [0, 0.1) is 0 Å². The number of rotatable bonds is 7. The number of ether oxygens (including phenoxy) is 3. The lowest BCUT2D eigenvalue weighted by Gasteiger charge is -2.25. The molecule has 0 aliphatic carbocycles. The van der Waals surface area contributed by atoms with Gasteiger partial charge in [0.1, 0.15) is 30.1 Å². The van der Waals surface area contributed by atoms with E-state index < -0.39 is 42.3 Å². The van der Waals surface area contributed by atoms with E-state index in [-0.39, 0.29) is 49.8 Å². The van der Waals surface area contributed by atoms with E-state index in [1.807, 2.05) is 30.3 Å². The second-order valence-electron chi connectivity index (χ2n) is 13.5. The van der Waals surface area contributed by atoms with Crippen molar-refractivity contribution in [2.75, 3.05) is 33.9 Å². The first kappa shape index (κ1) is 41.5. The summed E-state index contributed by atoms with van der Waals surface area (Å²) in [5.41, 5.74) is 1.52. The molecule has 6 rings (SSSR count). The minimum absolute atomic E-state index is 0.0641. The second kappa shape index (κ2) is 20.3. The molecule has 5 amide bonds. The number of methoxy groups -OCH3 is 2. The molecule has 0 saturated heterocycles. The van der Waals surface area contributed by atoms with Crippen molar-refractivity contribution in [3.8, 4) is 23.0 Å². The van der Waals surface area contributed by atoms with Gasteiger partial charge in [0.05, 0.1) is 20.8 Å². The number of amides is 5. The van der Waals surface area contributed by atoms with Crippen LogP contribution in [-0.4, -0.2) is 84.9 Å². The Bertz CT molecular complexity index is 2110. The van der Waals surface area contributed by atoms with Crippen LogP contribution in [0.15, 0.2) is 95.9 Å². The monoisotopic (exact) mass is 780 g/mol. The van der Waals surface area contributed by atoms with Gasteiger partial charge in [-0.25, -0.2) is 0 Å². The zero-order chi connectivity index (χ0) is 40.7. The molecular formula is C42H48N6O9. The van der Waals surface area contributed by atoms with Crippen LogP contribution in [0.1, 0.15) is 47.7 Å². The maximum absolute atomic E-state index is 13.7. The zero-order valence-electron chi connectivity index (χ0n) is 32.2. The second-order valence-corrected chi connectivity index (χ2v) is 13.5. The average molecular weight is 781 g/mol. The highest BCUT2D eigenvalue weighted by atomic mass is 16.5. The van der Waals surface area contributed by atoms with Gasteiger partial charge in [0.2, 0.25) is 23.6 Å². The van der Waals surface area contributed by atoms with Crippen molar-refractivity contribution in [3.05, 3.63) is 118 Å². The first-order valence-electron chi connectivity index (χ1n) is 18.7. The molecule has 4 aromatic rings. The van der Waals surface area contributed by atoms with Gasteiger partial charge in [0.15, 0.2) is 11.5 Å². The number of carbonyl (C=O) groups excluding carboxylic acids is 5. The van der Waals surface area contributed by atoms with Gasteiger partial charge < -0.3 is 44.9 Å². The van der Waals surface area contributed by atoms with Gasteiger partial charge in [-0.05, 0) is 74.6 Å². The Morgan fingerprint density at radius 2 is 1.60 bits per heavy atom. The third-order valence-corrected chi connectivity index (χ3v) is 9.37. The molecule has 0 fully saturated rings. The molecule has 3 heterocycles. The van der Waals surface area contributed by atoms with Crippen LogP contribution in [0.2, 0.25) is 0 Å². The lowest BCUT2D eigenvalue weighted by atomic mass is 10.0. The maximum atomic E-state index is 13.7. The normalized spacial score (nSPS) is 17.4. The Labute approximate surface area is 330 Å². The van der Waals surface area contributed by atoms with Crippen LogP contribution in [0.25, 0.3) is 0 Å². The summed E-state index contributed by atoms with van der Waals surface area (Å²) >= 11 is 0. The van der Waals surface area contributed by atoms with Crippen molar-refractivity contribution < 1.29 is 38.2 Å². The van der Waals surface area contributed by atoms with E-state index in [0.29, 0.717) is 47.6 Å². The minimum atomic E-state index is -1.05. The molecule has 0 radical (unpaired) electrons. The summed E-state index contributed by atoms with van der Waals surface area (Å²) in [5.74, 6) is -0.987. The predicted molar refractivity (Wildman–Crippen MR) is 211 cm³/mol. The molecule has 0 unspecified atom stereocenters. The van der Waals surface area contributed by atoms with Gasteiger partial charge in [-0.3, -0.25) is 28.8 Å². The number of pyridine rings is 1. The Hall–Kier alpha value is -6.64. The molecule has 15 nitrogen and oxygen atoms in total. The number of aryl methyl sites for hydroxylation is 1. The summed E-state index contributed by atoms with van der Waals surface area (Å²) in [6.45, 7) is 1.30. The largest absolute Gasteiger partial charge is 0.496 e. The molecule has 4 bridgehead atoms. The lowest BCUT2D eigenvalue weighted by Crippen LogP contribution is -2.54. The Kier molecular flexibility index (Phi) is 14.8. The highest BCUT2D eigenvalue weighted by molar-refractivity contribution is 5.95. The summed E-state index contributed by atoms with van der Waals surface area (Å²) in [6, 6.07) is 21.8. The topological polar surface area (TPSA) is 186 Å². The van der Waals surface area contributed by atoms with E-state index >= 15 is 0 Å². The standard InChI is InChI=1S/C42H48N6O9/c1-28-40(52)44-25-31-15-17-32(24-35(31)56-3)57-36-23-30(16-19-34(36)55-2)41(53)43-20-8-10-22-47(39(51)27-48-21-9-7-13-38(48)50)26-37(49)46-33(42(54)45-28)18-14-29-11-5-4-6-12-29/h4-7,9,11-13,15-17,19,21,23-24,28,33H,8,10,14,18,20,22,25-27H2,1-3H3,(H,43,53)(H,44,52)(H,45,54)(H,46,49)/t28-,33-/m0/s1. The molecule has 4 N–H and O–H groups in total. The van der Waals surface area contributed by atoms with E-state index in [1.165, 1.54) is 42.9 Å². The fraction of sp³-hybridized carbons (Fsp3) is 0.333. The van der Waals surface area contributed by atoms with E-state index in [2.05, 4.69) is 21.3 Å². The summed E-state index contributed by atoms with van der Waals surface area (Å²) in [6.07, 6.45) is 3.00. The molecule has 2 atom stereocenters. The first-order valence-corrected chi connectivity index (χ1v) is 18.7. The molecule has 2 aliphatic rings. The molecule has 15 heteroatoms. The molecule has 0 spiro atoms. The third-order valence-electron chi connectivity index (χ3n) is 9.37. The fourth-order valence-corrected chi connectivity index (χ4v) is 6.17. The minimum Gasteiger partial charge on any atom is -0.496 e. The van der Waals surface area contributed by atoms with Gasteiger partial charge in [0.25, 0.3) is 11.5 Å². The molecular weight excluding hydrogens is 732 g/mol. The SMILES string of the molecule is COc1cc2ccc1CNC(=O)[C@H](C)NC(=O)[C@H](CCc1ccccc1)NC(=O)CN(C(=O)Cn1ccccc1=O)CCCCNC(=O)c1ccc(OC)c(c1)O2. The quantitative estimate of drug-likeness (QED) is 0.205. The molecule has 300 valence electrons. The van der Waals surface area contributed by atoms with Crippen LogP contribution in [0.3, 0.4) is 0 Å². The van der Waals surface area contributed by atoms with Crippen molar-refractivity contribution in [1.29, 1.82) is 0 Å². The highest BCUT2D eigenvalue weighted by Crippen LogP contribution is 2.35. The predicted octanol–water partition coefficient (Wildman–Crippen LogP) is 2.95. The van der Waals surface area contributed by atoms with Crippen molar-refractivity contribution in [1.82, 2.24) is 30.7 Å². The highest BCUT2D eigenvalue weighted by Gasteiger charge is 2.27. The Morgan fingerprint density at radius 1 is 0.825 bits per heavy atom. The third kappa shape index (κ3) is 11.9. The fourth-order valence-electron chi connectivity index (χ4n) is 6.17. The first-order chi connectivity index (χ1) is 27.5. The van der Waals surface area contributed by atoms with E-state index in [0.717, 1.165) is 5.56 Å².